The number of aryl methyl sites for hydroxylation is 1. The van der Waals surface area contributed by atoms with Crippen LogP contribution in [0.2, 0.25) is 0 Å². The second kappa shape index (κ2) is 5.87. The molecule has 2 heterocycles. The summed E-state index contributed by atoms with van der Waals surface area (Å²) in [6, 6.07) is 6.90. The monoisotopic (exact) mass is 313 g/mol. The van der Waals surface area contributed by atoms with Crippen molar-refractivity contribution < 1.29 is 14.7 Å². The van der Waals surface area contributed by atoms with Crippen LogP contribution in [-0.2, 0) is 11.3 Å². The molecule has 23 heavy (non-hydrogen) atoms. The van der Waals surface area contributed by atoms with Crippen LogP contribution in [-0.4, -0.2) is 26.8 Å². The molecule has 1 saturated heterocycles. The van der Waals surface area contributed by atoms with E-state index >= 15 is 0 Å². The maximum absolute atomic E-state index is 11.5. The summed E-state index contributed by atoms with van der Waals surface area (Å²) in [5.74, 6) is -0.856. The highest BCUT2D eigenvalue weighted by Gasteiger charge is 2.27. The van der Waals surface area contributed by atoms with Crippen molar-refractivity contribution in [2.24, 2.45) is 0 Å². The van der Waals surface area contributed by atoms with Gasteiger partial charge in [0.05, 0.1) is 23.8 Å². The molecule has 1 aliphatic rings. The first-order chi connectivity index (χ1) is 11.0. The molecule has 0 bridgehead atoms. The van der Waals surface area contributed by atoms with E-state index in [-0.39, 0.29) is 17.5 Å². The van der Waals surface area contributed by atoms with E-state index in [1.165, 1.54) is 0 Å². The molecule has 2 aromatic rings. The molecular formula is C17H19N3O3. The van der Waals surface area contributed by atoms with Gasteiger partial charge in [-0.1, -0.05) is 12.1 Å². The Morgan fingerprint density at radius 1 is 1.43 bits per heavy atom. The molecule has 0 saturated carbocycles. The summed E-state index contributed by atoms with van der Waals surface area (Å²) in [6.07, 6.45) is 1.34. The lowest BCUT2D eigenvalue weighted by Crippen LogP contribution is -2.19. The normalized spacial score (nSPS) is 17.3. The second-order valence-electron chi connectivity index (χ2n) is 5.91. The minimum atomic E-state index is -0.936. The largest absolute Gasteiger partial charge is 0.478 e. The lowest BCUT2D eigenvalue weighted by atomic mass is 10.0. The Bertz CT molecular complexity index is 779. The fourth-order valence-electron chi connectivity index (χ4n) is 3.18. The van der Waals surface area contributed by atoms with Gasteiger partial charge >= 0.3 is 5.97 Å². The van der Waals surface area contributed by atoms with Crippen LogP contribution >= 0.6 is 0 Å². The molecule has 1 aliphatic heterocycles. The van der Waals surface area contributed by atoms with Crippen LogP contribution in [0.15, 0.2) is 24.3 Å². The molecule has 0 aliphatic carbocycles. The molecule has 1 atom stereocenters. The summed E-state index contributed by atoms with van der Waals surface area (Å²) in [6.45, 7) is 4.44. The van der Waals surface area contributed by atoms with Crippen LogP contribution in [0.4, 0.5) is 0 Å². The third-order valence-electron chi connectivity index (χ3n) is 4.29. The second-order valence-corrected chi connectivity index (χ2v) is 5.91. The van der Waals surface area contributed by atoms with E-state index in [2.05, 4.69) is 10.4 Å². The predicted octanol–water partition coefficient (Wildman–Crippen LogP) is 2.20. The van der Waals surface area contributed by atoms with Crippen LogP contribution in [0.1, 0.15) is 51.8 Å². The number of nitrogens with one attached hydrogen (secondary N) is 1. The quantitative estimate of drug-likeness (QED) is 0.906. The Hall–Kier alpha value is -2.63. The minimum absolute atomic E-state index is 0.0293. The Labute approximate surface area is 134 Å². The average molecular weight is 313 g/mol. The Kier molecular flexibility index (Phi) is 3.90. The molecule has 3 rings (SSSR count). The Balaban J connectivity index is 1.88. The highest BCUT2D eigenvalue weighted by Crippen LogP contribution is 2.29. The molecule has 1 fully saturated rings. The van der Waals surface area contributed by atoms with Crippen LogP contribution in [0.25, 0.3) is 0 Å². The lowest BCUT2D eigenvalue weighted by Gasteiger charge is -2.11. The number of aromatic carboxylic acids is 1. The molecule has 1 aromatic carbocycles. The SMILES string of the molecule is Cc1nn(Cc2cccc(C(=O)O)c2)c(C)c1C1CCC(=O)N1. The van der Waals surface area contributed by atoms with Crippen molar-refractivity contribution in [2.75, 3.05) is 0 Å². The molecule has 6 heteroatoms. The van der Waals surface area contributed by atoms with E-state index in [0.717, 1.165) is 28.9 Å². The zero-order valence-electron chi connectivity index (χ0n) is 13.2. The standard InChI is InChI=1S/C17H19N3O3/c1-10-16(14-6-7-15(21)18-14)11(2)20(19-10)9-12-4-3-5-13(8-12)17(22)23/h3-5,8,14H,6-7,9H2,1-2H3,(H,18,21)(H,22,23). The van der Waals surface area contributed by atoms with Gasteiger partial charge in [0.1, 0.15) is 0 Å². The summed E-state index contributed by atoms with van der Waals surface area (Å²) in [5.41, 5.74) is 4.15. The van der Waals surface area contributed by atoms with Crippen molar-refractivity contribution in [2.45, 2.75) is 39.3 Å². The number of hydrogen-bond donors (Lipinski definition) is 2. The molecule has 6 nitrogen and oxygen atoms in total. The molecule has 0 spiro atoms. The van der Waals surface area contributed by atoms with Gasteiger partial charge in [-0.15, -0.1) is 0 Å². The number of nitrogens with zero attached hydrogens (tertiary/aromatic N) is 2. The molecule has 120 valence electrons. The van der Waals surface area contributed by atoms with Crippen molar-refractivity contribution >= 4 is 11.9 Å². The molecule has 0 radical (unpaired) electrons. The van der Waals surface area contributed by atoms with Gasteiger partial charge in [-0.2, -0.15) is 5.10 Å². The van der Waals surface area contributed by atoms with Gasteiger partial charge in [-0.3, -0.25) is 9.48 Å². The lowest BCUT2D eigenvalue weighted by molar-refractivity contribution is -0.119. The Morgan fingerprint density at radius 3 is 2.87 bits per heavy atom. The number of amides is 1. The maximum atomic E-state index is 11.5. The molecule has 1 amide bonds. The topological polar surface area (TPSA) is 84.2 Å². The van der Waals surface area contributed by atoms with E-state index in [1.807, 2.05) is 24.6 Å². The molecule has 1 unspecified atom stereocenters. The van der Waals surface area contributed by atoms with Gasteiger partial charge in [0.25, 0.3) is 0 Å². The van der Waals surface area contributed by atoms with Gasteiger partial charge in [0.15, 0.2) is 0 Å². The first kappa shape index (κ1) is 15.3. The van der Waals surface area contributed by atoms with Gasteiger partial charge in [0.2, 0.25) is 5.91 Å². The molecule has 2 N–H and O–H groups in total. The number of benzene rings is 1. The third-order valence-corrected chi connectivity index (χ3v) is 4.29. The number of rotatable bonds is 4. The highest BCUT2D eigenvalue weighted by molar-refractivity contribution is 5.87. The van der Waals surface area contributed by atoms with Crippen molar-refractivity contribution in [1.29, 1.82) is 0 Å². The zero-order valence-corrected chi connectivity index (χ0v) is 13.2. The Morgan fingerprint density at radius 2 is 2.22 bits per heavy atom. The number of carboxylic acids is 1. The first-order valence-corrected chi connectivity index (χ1v) is 7.61. The van der Waals surface area contributed by atoms with Crippen LogP contribution in [0.5, 0.6) is 0 Å². The van der Waals surface area contributed by atoms with Crippen LogP contribution < -0.4 is 5.32 Å². The summed E-state index contributed by atoms with van der Waals surface area (Å²) in [5, 5.41) is 16.6. The smallest absolute Gasteiger partial charge is 0.335 e. The van der Waals surface area contributed by atoms with Gasteiger partial charge in [0, 0.05) is 17.7 Å². The molecule has 1 aromatic heterocycles. The number of carbonyl (C=O) groups excluding carboxylic acids is 1. The summed E-state index contributed by atoms with van der Waals surface area (Å²) in [7, 11) is 0. The maximum Gasteiger partial charge on any atom is 0.335 e. The van der Waals surface area contributed by atoms with Crippen molar-refractivity contribution in [3.05, 3.63) is 52.3 Å². The zero-order chi connectivity index (χ0) is 16.6. The van der Waals surface area contributed by atoms with E-state index < -0.39 is 5.97 Å². The van der Waals surface area contributed by atoms with E-state index in [1.54, 1.807) is 18.2 Å². The van der Waals surface area contributed by atoms with Crippen LogP contribution in [0, 0.1) is 13.8 Å². The predicted molar refractivity (Wildman–Crippen MR) is 84.3 cm³/mol. The van der Waals surface area contributed by atoms with Gasteiger partial charge < -0.3 is 10.4 Å². The summed E-state index contributed by atoms with van der Waals surface area (Å²) < 4.78 is 1.87. The van der Waals surface area contributed by atoms with Crippen molar-refractivity contribution in [3.63, 3.8) is 0 Å². The van der Waals surface area contributed by atoms with E-state index in [9.17, 15) is 9.59 Å². The fourth-order valence-corrected chi connectivity index (χ4v) is 3.18. The summed E-state index contributed by atoms with van der Waals surface area (Å²) >= 11 is 0. The number of aromatic nitrogens is 2. The van der Waals surface area contributed by atoms with Gasteiger partial charge in [-0.05, 0) is 38.0 Å². The fraction of sp³-hybridized carbons (Fsp3) is 0.353. The third kappa shape index (κ3) is 2.97. The van der Waals surface area contributed by atoms with Crippen LogP contribution in [0.3, 0.4) is 0 Å². The highest BCUT2D eigenvalue weighted by atomic mass is 16.4. The van der Waals surface area contributed by atoms with Crippen molar-refractivity contribution in [3.8, 4) is 0 Å². The van der Waals surface area contributed by atoms with E-state index in [4.69, 9.17) is 5.11 Å². The number of hydrogen-bond acceptors (Lipinski definition) is 3. The number of carboxylic acid groups (broad SMARTS) is 1. The van der Waals surface area contributed by atoms with Crippen molar-refractivity contribution in [1.82, 2.24) is 15.1 Å². The van der Waals surface area contributed by atoms with E-state index in [0.29, 0.717) is 13.0 Å². The first-order valence-electron chi connectivity index (χ1n) is 7.61. The summed E-state index contributed by atoms with van der Waals surface area (Å²) in [4.78, 5) is 22.5. The van der Waals surface area contributed by atoms with Gasteiger partial charge in [-0.25, -0.2) is 4.79 Å². The number of carbonyl (C=O) groups is 2. The average Bonchev–Trinajstić information content (AvgIpc) is 3.03. The molecular weight excluding hydrogens is 294 g/mol. The minimum Gasteiger partial charge on any atom is -0.478 e.